The molecule has 1 unspecified atom stereocenters. The molecule has 1 nitrogen and oxygen atoms in total. The summed E-state index contributed by atoms with van der Waals surface area (Å²) in [7, 11) is 0. The second-order valence-electron chi connectivity index (χ2n) is 13.2. The Hall–Kier alpha value is -5.40. The van der Waals surface area contributed by atoms with E-state index in [1.807, 2.05) is 0 Å². The molecule has 1 spiro atoms. The largest absolute Gasteiger partial charge is 0.457 e. The van der Waals surface area contributed by atoms with Gasteiger partial charge >= 0.3 is 0 Å². The van der Waals surface area contributed by atoms with Crippen LogP contribution in [-0.2, 0) is 10.8 Å². The van der Waals surface area contributed by atoms with Gasteiger partial charge < -0.3 is 4.74 Å². The highest BCUT2D eigenvalue weighted by molar-refractivity contribution is 6.06. The maximum Gasteiger partial charge on any atom is 0.132 e. The predicted molar refractivity (Wildman–Crippen MR) is 184 cm³/mol. The van der Waals surface area contributed by atoms with Crippen molar-refractivity contribution in [2.24, 2.45) is 0 Å². The van der Waals surface area contributed by atoms with E-state index in [0.717, 1.165) is 11.5 Å². The van der Waals surface area contributed by atoms with E-state index in [0.29, 0.717) is 0 Å². The van der Waals surface area contributed by atoms with Crippen molar-refractivity contribution in [3.63, 3.8) is 0 Å². The molecule has 7 aromatic carbocycles. The van der Waals surface area contributed by atoms with E-state index in [1.54, 1.807) is 0 Å². The van der Waals surface area contributed by atoms with Crippen molar-refractivity contribution >= 4 is 10.8 Å². The molecule has 1 heterocycles. The molecule has 0 saturated carbocycles. The van der Waals surface area contributed by atoms with Gasteiger partial charge in [-0.1, -0.05) is 141 Å². The van der Waals surface area contributed by atoms with Crippen LogP contribution in [0.4, 0.5) is 0 Å². The van der Waals surface area contributed by atoms with E-state index in [-0.39, 0.29) is 5.41 Å². The standard InChI is InChI=1S/C44H30O/c1-43(2)36-19-9-10-20-39(36)45-40-21-11-16-30(42(40)43)28-22-24-32-31-14-5-7-17-34(31)44(38(32)26-28)35-18-8-6-15-33(35)41-29-13-4-3-12-27(29)23-25-37(41)44/h3-26H,1-2H3. The van der Waals surface area contributed by atoms with E-state index < -0.39 is 5.41 Å². The zero-order chi connectivity index (χ0) is 29.9. The van der Waals surface area contributed by atoms with Crippen molar-refractivity contribution in [1.29, 1.82) is 0 Å². The molecule has 0 N–H and O–H groups in total. The normalized spacial score (nSPS) is 17.6. The van der Waals surface area contributed by atoms with Gasteiger partial charge in [0.2, 0.25) is 0 Å². The second-order valence-corrected chi connectivity index (χ2v) is 13.2. The lowest BCUT2D eigenvalue weighted by molar-refractivity contribution is 0.419. The first-order valence-electron chi connectivity index (χ1n) is 15.9. The summed E-state index contributed by atoms with van der Waals surface area (Å²) >= 11 is 0. The van der Waals surface area contributed by atoms with Crippen molar-refractivity contribution in [3.05, 3.63) is 179 Å². The molecule has 0 radical (unpaired) electrons. The lowest BCUT2D eigenvalue weighted by Crippen LogP contribution is -2.26. The van der Waals surface area contributed by atoms with Gasteiger partial charge in [-0.3, -0.25) is 0 Å². The molecule has 2 aliphatic carbocycles. The van der Waals surface area contributed by atoms with Gasteiger partial charge in [0, 0.05) is 16.5 Å². The number of fused-ring (bicyclic) bond motifs is 14. The molecule has 0 amide bonds. The molecule has 0 saturated heterocycles. The van der Waals surface area contributed by atoms with Gasteiger partial charge in [0.1, 0.15) is 11.5 Å². The highest BCUT2D eigenvalue weighted by atomic mass is 16.5. The number of hydrogen-bond donors (Lipinski definition) is 0. The van der Waals surface area contributed by atoms with E-state index in [9.17, 15) is 0 Å². The van der Waals surface area contributed by atoms with Gasteiger partial charge in [-0.25, -0.2) is 0 Å². The van der Waals surface area contributed by atoms with Crippen LogP contribution in [0.15, 0.2) is 146 Å². The van der Waals surface area contributed by atoms with Crippen molar-refractivity contribution in [2.75, 3.05) is 0 Å². The van der Waals surface area contributed by atoms with Gasteiger partial charge in [0.25, 0.3) is 0 Å². The minimum atomic E-state index is -0.397. The third-order valence-electron chi connectivity index (χ3n) is 10.7. The molecule has 0 aromatic heterocycles. The Morgan fingerprint density at radius 2 is 1.09 bits per heavy atom. The minimum absolute atomic E-state index is 0.216. The van der Waals surface area contributed by atoms with Crippen molar-refractivity contribution in [2.45, 2.75) is 24.7 Å². The molecule has 45 heavy (non-hydrogen) atoms. The fraction of sp³-hybridized carbons (Fsp3) is 0.0909. The van der Waals surface area contributed by atoms with Crippen LogP contribution in [0.25, 0.3) is 44.2 Å². The summed E-state index contributed by atoms with van der Waals surface area (Å²) < 4.78 is 6.55. The average molecular weight is 575 g/mol. The SMILES string of the molecule is CC1(C)c2ccccc2Oc2cccc(-c3ccc4c(c3)C3(c5ccccc5-4)c4ccccc4-c4c3ccc3ccccc43)c21. The summed E-state index contributed by atoms with van der Waals surface area (Å²) in [6.07, 6.45) is 0. The molecular weight excluding hydrogens is 544 g/mol. The molecule has 7 aromatic rings. The van der Waals surface area contributed by atoms with Crippen LogP contribution in [0.1, 0.15) is 47.2 Å². The topological polar surface area (TPSA) is 9.23 Å². The number of rotatable bonds is 1. The first-order chi connectivity index (χ1) is 22.1. The highest BCUT2D eigenvalue weighted by Gasteiger charge is 2.52. The number of para-hydroxylation sites is 1. The highest BCUT2D eigenvalue weighted by Crippen LogP contribution is 2.64. The van der Waals surface area contributed by atoms with Crippen LogP contribution in [0.5, 0.6) is 11.5 Å². The minimum Gasteiger partial charge on any atom is -0.457 e. The molecule has 0 fully saturated rings. The van der Waals surface area contributed by atoms with E-state index in [1.165, 1.54) is 77.5 Å². The van der Waals surface area contributed by atoms with Crippen LogP contribution < -0.4 is 4.74 Å². The molecule has 1 atom stereocenters. The average Bonchev–Trinajstić information content (AvgIpc) is 3.55. The Labute approximate surface area is 263 Å². The summed E-state index contributed by atoms with van der Waals surface area (Å²) in [5, 5.41) is 2.60. The van der Waals surface area contributed by atoms with Crippen LogP contribution >= 0.6 is 0 Å². The first-order valence-corrected chi connectivity index (χ1v) is 15.9. The zero-order valence-corrected chi connectivity index (χ0v) is 25.3. The fourth-order valence-corrected chi connectivity index (χ4v) is 8.90. The molecule has 0 bridgehead atoms. The number of benzene rings is 7. The Balaban J connectivity index is 1.29. The van der Waals surface area contributed by atoms with Crippen LogP contribution in [-0.4, -0.2) is 0 Å². The van der Waals surface area contributed by atoms with Crippen LogP contribution in [0, 0.1) is 0 Å². The molecule has 10 rings (SSSR count). The zero-order valence-electron chi connectivity index (χ0n) is 25.3. The summed E-state index contributed by atoms with van der Waals surface area (Å²) in [4.78, 5) is 0. The Morgan fingerprint density at radius 3 is 1.96 bits per heavy atom. The summed E-state index contributed by atoms with van der Waals surface area (Å²) in [5.74, 6) is 1.89. The predicted octanol–water partition coefficient (Wildman–Crippen LogP) is 11.3. The van der Waals surface area contributed by atoms with Crippen molar-refractivity contribution < 1.29 is 4.74 Å². The van der Waals surface area contributed by atoms with Crippen molar-refractivity contribution in [1.82, 2.24) is 0 Å². The fourth-order valence-electron chi connectivity index (χ4n) is 8.90. The van der Waals surface area contributed by atoms with E-state index in [4.69, 9.17) is 4.74 Å². The van der Waals surface area contributed by atoms with E-state index >= 15 is 0 Å². The maximum atomic E-state index is 6.55. The molecule has 3 aliphatic rings. The number of hydrogen-bond acceptors (Lipinski definition) is 1. The third-order valence-corrected chi connectivity index (χ3v) is 10.7. The Kier molecular flexibility index (Phi) is 4.78. The second kappa shape index (κ2) is 8.61. The van der Waals surface area contributed by atoms with Crippen LogP contribution in [0.3, 0.4) is 0 Å². The molecule has 212 valence electrons. The molecule has 1 heteroatoms. The number of ether oxygens (including phenoxy) is 1. The van der Waals surface area contributed by atoms with Gasteiger partial charge in [-0.05, 0) is 84.6 Å². The lowest BCUT2D eigenvalue weighted by Gasteiger charge is -2.36. The summed E-state index contributed by atoms with van der Waals surface area (Å²) in [6, 6.07) is 53.9. The Bertz CT molecular complexity index is 2390. The van der Waals surface area contributed by atoms with Gasteiger partial charge in [-0.2, -0.15) is 0 Å². The van der Waals surface area contributed by atoms with Gasteiger partial charge in [0.05, 0.1) is 5.41 Å². The van der Waals surface area contributed by atoms with Crippen molar-refractivity contribution in [3.8, 4) is 44.9 Å². The van der Waals surface area contributed by atoms with Crippen LogP contribution in [0.2, 0.25) is 0 Å². The quantitative estimate of drug-likeness (QED) is 0.189. The summed E-state index contributed by atoms with van der Waals surface area (Å²) in [5.41, 5.74) is 15.1. The first kappa shape index (κ1) is 25.0. The summed E-state index contributed by atoms with van der Waals surface area (Å²) in [6.45, 7) is 4.66. The van der Waals surface area contributed by atoms with E-state index in [2.05, 4.69) is 159 Å². The molecule has 1 aliphatic heterocycles. The monoisotopic (exact) mass is 574 g/mol. The van der Waals surface area contributed by atoms with Gasteiger partial charge in [0.15, 0.2) is 0 Å². The maximum absolute atomic E-state index is 6.55. The lowest BCUT2D eigenvalue weighted by atomic mass is 9.69. The third kappa shape index (κ3) is 3.03. The smallest absolute Gasteiger partial charge is 0.132 e. The Morgan fingerprint density at radius 1 is 0.444 bits per heavy atom. The van der Waals surface area contributed by atoms with Gasteiger partial charge in [-0.15, -0.1) is 0 Å². The molecular formula is C44H30O.